The Bertz CT molecular complexity index is 373. The monoisotopic (exact) mass is 248 g/mol. The summed E-state index contributed by atoms with van der Waals surface area (Å²) in [5.41, 5.74) is 2.05. The van der Waals surface area contributed by atoms with Crippen molar-refractivity contribution in [2.75, 3.05) is 23.3 Å². The minimum atomic E-state index is 0.105. The summed E-state index contributed by atoms with van der Waals surface area (Å²) in [5.74, 6) is 0.105. The van der Waals surface area contributed by atoms with E-state index in [1.165, 1.54) is 0 Å². The zero-order chi connectivity index (χ0) is 13.4. The molecule has 0 atom stereocenters. The van der Waals surface area contributed by atoms with Gasteiger partial charge in [0.25, 0.3) is 0 Å². The number of nitrogens with one attached hydrogen (secondary N) is 1. The number of carbonyl (C=O) groups is 1. The van der Waals surface area contributed by atoms with Gasteiger partial charge in [-0.05, 0) is 38.5 Å². The predicted molar refractivity (Wildman–Crippen MR) is 78.2 cm³/mol. The lowest BCUT2D eigenvalue weighted by molar-refractivity contribution is -0.116. The van der Waals surface area contributed by atoms with Crippen molar-refractivity contribution >= 4 is 17.3 Å². The summed E-state index contributed by atoms with van der Waals surface area (Å²) >= 11 is 0. The molecule has 0 aliphatic rings. The molecule has 3 nitrogen and oxygen atoms in total. The molecule has 1 aromatic carbocycles. The molecule has 1 amide bonds. The van der Waals surface area contributed by atoms with Gasteiger partial charge in [0, 0.05) is 30.9 Å². The van der Waals surface area contributed by atoms with E-state index in [4.69, 9.17) is 0 Å². The first-order valence-corrected chi connectivity index (χ1v) is 6.86. The van der Waals surface area contributed by atoms with E-state index in [0.717, 1.165) is 37.3 Å². The molecule has 100 valence electrons. The van der Waals surface area contributed by atoms with Crippen molar-refractivity contribution in [1.82, 2.24) is 0 Å². The first-order valence-electron chi connectivity index (χ1n) is 6.86. The third-order valence-corrected chi connectivity index (χ3v) is 3.02. The van der Waals surface area contributed by atoms with Crippen molar-refractivity contribution < 1.29 is 4.79 Å². The first kappa shape index (κ1) is 14.6. The van der Waals surface area contributed by atoms with Crippen molar-refractivity contribution in [1.29, 1.82) is 0 Å². The van der Waals surface area contributed by atoms with Gasteiger partial charge in [-0.1, -0.05) is 19.4 Å². The Hall–Kier alpha value is -1.51. The number of nitrogens with zero attached hydrogens (tertiary/aromatic N) is 1. The summed E-state index contributed by atoms with van der Waals surface area (Å²) < 4.78 is 0. The Morgan fingerprint density at radius 1 is 1.22 bits per heavy atom. The number of hydrogen-bond donors (Lipinski definition) is 1. The van der Waals surface area contributed by atoms with E-state index in [1.807, 2.05) is 18.2 Å². The lowest BCUT2D eigenvalue weighted by Crippen LogP contribution is -2.22. The van der Waals surface area contributed by atoms with E-state index >= 15 is 0 Å². The molecule has 0 spiro atoms. The fraction of sp³-hybridized carbons (Fsp3) is 0.533. The highest BCUT2D eigenvalue weighted by molar-refractivity contribution is 5.91. The molecule has 0 radical (unpaired) electrons. The molecule has 1 aromatic rings. The van der Waals surface area contributed by atoms with Gasteiger partial charge < -0.3 is 10.2 Å². The highest BCUT2D eigenvalue weighted by Crippen LogP contribution is 2.19. The van der Waals surface area contributed by atoms with Crippen LogP contribution in [0, 0.1) is 0 Å². The lowest BCUT2D eigenvalue weighted by Gasteiger charge is -2.21. The van der Waals surface area contributed by atoms with Crippen LogP contribution in [-0.2, 0) is 4.79 Å². The maximum Gasteiger partial charge on any atom is 0.224 e. The smallest absolute Gasteiger partial charge is 0.224 e. The van der Waals surface area contributed by atoms with E-state index in [1.54, 1.807) is 0 Å². The average molecular weight is 248 g/mol. The van der Waals surface area contributed by atoms with E-state index < -0.39 is 0 Å². The molecule has 0 heterocycles. The molecule has 3 heteroatoms. The third kappa shape index (κ3) is 4.40. The summed E-state index contributed by atoms with van der Waals surface area (Å²) in [6.45, 7) is 8.31. The molecule has 18 heavy (non-hydrogen) atoms. The summed E-state index contributed by atoms with van der Waals surface area (Å²) in [5, 5.41) is 2.95. The van der Waals surface area contributed by atoms with Crippen LogP contribution >= 0.6 is 0 Å². The number of rotatable bonds is 7. The quantitative estimate of drug-likeness (QED) is 0.798. The average Bonchev–Trinajstić information content (AvgIpc) is 2.38. The minimum Gasteiger partial charge on any atom is -0.372 e. The van der Waals surface area contributed by atoms with E-state index in [0.29, 0.717) is 6.42 Å². The van der Waals surface area contributed by atoms with Crippen molar-refractivity contribution in [2.24, 2.45) is 0 Å². The number of carbonyl (C=O) groups excluding carboxylic acids is 1. The number of hydrogen-bond acceptors (Lipinski definition) is 2. The molecule has 0 aromatic heterocycles. The lowest BCUT2D eigenvalue weighted by atomic mass is 10.2. The van der Waals surface area contributed by atoms with Crippen LogP contribution < -0.4 is 10.2 Å². The van der Waals surface area contributed by atoms with Gasteiger partial charge in [-0.15, -0.1) is 0 Å². The second-order valence-electron chi connectivity index (χ2n) is 4.37. The Morgan fingerprint density at radius 2 is 1.94 bits per heavy atom. The van der Waals surface area contributed by atoms with Crippen LogP contribution in [0.15, 0.2) is 24.3 Å². The molecule has 1 N–H and O–H groups in total. The largest absolute Gasteiger partial charge is 0.372 e. The molecular weight excluding hydrogens is 224 g/mol. The van der Waals surface area contributed by atoms with Crippen LogP contribution in [0.3, 0.4) is 0 Å². The number of anilines is 2. The van der Waals surface area contributed by atoms with E-state index in [2.05, 4.69) is 37.1 Å². The zero-order valence-corrected chi connectivity index (χ0v) is 11.7. The fourth-order valence-corrected chi connectivity index (χ4v) is 1.93. The van der Waals surface area contributed by atoms with Gasteiger partial charge in [0.2, 0.25) is 5.91 Å². The molecule has 0 aliphatic heterocycles. The Morgan fingerprint density at radius 3 is 2.56 bits per heavy atom. The number of unbranched alkanes of at least 4 members (excludes halogenated alkanes) is 1. The molecule has 0 fully saturated rings. The molecule has 0 saturated heterocycles. The topological polar surface area (TPSA) is 32.3 Å². The Kier molecular flexibility index (Phi) is 6.26. The summed E-state index contributed by atoms with van der Waals surface area (Å²) in [6.07, 6.45) is 2.60. The van der Waals surface area contributed by atoms with Crippen LogP contribution in [0.1, 0.15) is 40.0 Å². The summed E-state index contributed by atoms with van der Waals surface area (Å²) in [6, 6.07) is 8.05. The van der Waals surface area contributed by atoms with Gasteiger partial charge in [0.1, 0.15) is 0 Å². The number of benzene rings is 1. The highest BCUT2D eigenvalue weighted by atomic mass is 16.1. The van der Waals surface area contributed by atoms with Gasteiger partial charge in [0.15, 0.2) is 0 Å². The molecule has 0 saturated carbocycles. The van der Waals surface area contributed by atoms with E-state index in [-0.39, 0.29) is 5.91 Å². The second-order valence-corrected chi connectivity index (χ2v) is 4.37. The highest BCUT2D eigenvalue weighted by Gasteiger charge is 2.05. The molecule has 1 rings (SSSR count). The van der Waals surface area contributed by atoms with Crippen molar-refractivity contribution in [2.45, 2.75) is 40.0 Å². The summed E-state index contributed by atoms with van der Waals surface area (Å²) in [4.78, 5) is 13.9. The van der Waals surface area contributed by atoms with Gasteiger partial charge in [0.05, 0.1) is 0 Å². The van der Waals surface area contributed by atoms with Crippen LogP contribution in [-0.4, -0.2) is 19.0 Å². The normalized spacial score (nSPS) is 10.2. The van der Waals surface area contributed by atoms with Crippen LogP contribution in [0.4, 0.5) is 11.4 Å². The number of amides is 1. The zero-order valence-electron chi connectivity index (χ0n) is 11.7. The van der Waals surface area contributed by atoms with Gasteiger partial charge in [-0.3, -0.25) is 4.79 Å². The van der Waals surface area contributed by atoms with Crippen molar-refractivity contribution in [3.05, 3.63) is 24.3 Å². The van der Waals surface area contributed by atoms with Crippen LogP contribution in [0.25, 0.3) is 0 Å². The Balaban J connectivity index is 2.67. The minimum absolute atomic E-state index is 0.105. The van der Waals surface area contributed by atoms with Crippen molar-refractivity contribution in [3.63, 3.8) is 0 Å². The molecule has 0 aliphatic carbocycles. The standard InChI is InChI=1S/C15H24N2O/c1-4-7-11-15(18)16-13-9-8-10-14(12-13)17(5-2)6-3/h8-10,12H,4-7,11H2,1-3H3,(H,16,18). The molecule has 0 bridgehead atoms. The van der Waals surface area contributed by atoms with Gasteiger partial charge >= 0.3 is 0 Å². The third-order valence-electron chi connectivity index (χ3n) is 3.02. The predicted octanol–water partition coefficient (Wildman–Crippen LogP) is 3.66. The SMILES string of the molecule is CCCCC(=O)Nc1cccc(N(CC)CC)c1. The molecular formula is C15H24N2O. The fourth-order valence-electron chi connectivity index (χ4n) is 1.93. The van der Waals surface area contributed by atoms with Crippen molar-refractivity contribution in [3.8, 4) is 0 Å². The maximum absolute atomic E-state index is 11.7. The molecule has 0 unspecified atom stereocenters. The summed E-state index contributed by atoms with van der Waals surface area (Å²) in [7, 11) is 0. The Labute approximate surface area is 110 Å². The van der Waals surface area contributed by atoms with Gasteiger partial charge in [-0.25, -0.2) is 0 Å². The maximum atomic E-state index is 11.7. The van der Waals surface area contributed by atoms with Crippen LogP contribution in [0.5, 0.6) is 0 Å². The first-order chi connectivity index (χ1) is 8.71. The van der Waals surface area contributed by atoms with E-state index in [9.17, 15) is 4.79 Å². The van der Waals surface area contributed by atoms with Crippen LogP contribution in [0.2, 0.25) is 0 Å². The van der Waals surface area contributed by atoms with Gasteiger partial charge in [-0.2, -0.15) is 0 Å². The second kappa shape index (κ2) is 7.75.